The Morgan fingerprint density at radius 2 is 1.69 bits per heavy atom. The monoisotopic (exact) mass is 432 g/mol. The van der Waals surface area contributed by atoms with Gasteiger partial charge in [0.1, 0.15) is 0 Å². The van der Waals surface area contributed by atoms with Crippen molar-refractivity contribution in [2.24, 2.45) is 0 Å². The van der Waals surface area contributed by atoms with Gasteiger partial charge in [-0.2, -0.15) is 0 Å². The van der Waals surface area contributed by atoms with Crippen LogP contribution in [0.5, 0.6) is 0 Å². The van der Waals surface area contributed by atoms with Crippen LogP contribution >= 0.6 is 34.8 Å². The van der Waals surface area contributed by atoms with E-state index in [0.717, 1.165) is 11.3 Å². The van der Waals surface area contributed by atoms with Gasteiger partial charge in [-0.25, -0.2) is 13.1 Å². The van der Waals surface area contributed by atoms with Crippen molar-refractivity contribution in [2.45, 2.75) is 24.9 Å². The molecule has 2 aromatic carbocycles. The summed E-state index contributed by atoms with van der Waals surface area (Å²) < 4.78 is 26.0. The topological polar surface area (TPSA) is 49.4 Å². The molecule has 1 heterocycles. The van der Waals surface area contributed by atoms with E-state index in [0.29, 0.717) is 34.5 Å². The van der Waals surface area contributed by atoms with E-state index >= 15 is 0 Å². The van der Waals surface area contributed by atoms with Gasteiger partial charge in [-0.3, -0.25) is 0 Å². The number of benzene rings is 2. The van der Waals surface area contributed by atoms with Gasteiger partial charge in [-0.15, -0.1) is 0 Å². The Kier molecular flexibility index (Phi) is 6.04. The van der Waals surface area contributed by atoms with Crippen molar-refractivity contribution in [3.63, 3.8) is 0 Å². The smallest absolute Gasteiger partial charge is 0.208 e. The van der Waals surface area contributed by atoms with Gasteiger partial charge in [0, 0.05) is 22.6 Å². The van der Waals surface area contributed by atoms with Gasteiger partial charge in [-0.05, 0) is 48.7 Å². The fourth-order valence-electron chi connectivity index (χ4n) is 3.38. The lowest BCUT2D eigenvalue weighted by molar-refractivity contribution is 0.395. The molecule has 1 unspecified atom stereocenters. The Hall–Kier alpha value is -0.980. The van der Waals surface area contributed by atoms with Crippen molar-refractivity contribution in [1.82, 2.24) is 4.72 Å². The van der Waals surface area contributed by atoms with Crippen LogP contribution in [-0.2, 0) is 10.0 Å². The predicted octanol–water partition coefficient (Wildman–Crippen LogP) is 4.91. The van der Waals surface area contributed by atoms with E-state index in [1.165, 1.54) is 6.26 Å². The minimum absolute atomic E-state index is 0.0288. The standard InChI is InChI=1S/C18H19Cl3N2O2S/c1-26(24,25)22-15-8-9-23(17-7-6-14(20)10-16(17)21)18(11-15)12-2-4-13(19)5-3-12/h2-7,10,15,18,22H,8-9,11H2,1H3/t15-,18?/m1/s1. The van der Waals surface area contributed by atoms with E-state index in [1.807, 2.05) is 36.4 Å². The number of hydrogen-bond donors (Lipinski definition) is 1. The van der Waals surface area contributed by atoms with Gasteiger partial charge in [-0.1, -0.05) is 46.9 Å². The molecule has 0 spiro atoms. The summed E-state index contributed by atoms with van der Waals surface area (Å²) in [4.78, 5) is 2.20. The molecule has 1 aliphatic rings. The summed E-state index contributed by atoms with van der Waals surface area (Å²) in [6.07, 6.45) is 2.51. The number of hydrogen-bond acceptors (Lipinski definition) is 3. The number of nitrogens with zero attached hydrogens (tertiary/aromatic N) is 1. The molecule has 0 aliphatic carbocycles. The van der Waals surface area contributed by atoms with E-state index < -0.39 is 10.0 Å². The molecule has 0 saturated carbocycles. The molecule has 1 aliphatic heterocycles. The number of sulfonamides is 1. The minimum atomic E-state index is -3.27. The molecule has 1 N–H and O–H groups in total. The van der Waals surface area contributed by atoms with Gasteiger partial charge in [0.15, 0.2) is 0 Å². The summed E-state index contributed by atoms with van der Waals surface area (Å²) in [6, 6.07) is 12.9. The molecule has 0 aromatic heterocycles. The van der Waals surface area contributed by atoms with Gasteiger partial charge in [0.05, 0.1) is 23.0 Å². The van der Waals surface area contributed by atoms with Gasteiger partial charge in [0.2, 0.25) is 10.0 Å². The Balaban J connectivity index is 1.95. The first-order chi connectivity index (χ1) is 12.2. The molecule has 1 fully saturated rings. The predicted molar refractivity (Wildman–Crippen MR) is 109 cm³/mol. The molecule has 8 heteroatoms. The van der Waals surface area contributed by atoms with Gasteiger partial charge in [0.25, 0.3) is 0 Å². The van der Waals surface area contributed by atoms with Crippen molar-refractivity contribution in [3.8, 4) is 0 Å². The number of nitrogens with one attached hydrogen (secondary N) is 1. The summed E-state index contributed by atoms with van der Waals surface area (Å²) in [6.45, 7) is 0.668. The van der Waals surface area contributed by atoms with Gasteiger partial charge >= 0.3 is 0 Å². The highest BCUT2D eigenvalue weighted by Crippen LogP contribution is 2.39. The van der Waals surface area contributed by atoms with Crippen molar-refractivity contribution in [3.05, 3.63) is 63.1 Å². The van der Waals surface area contributed by atoms with Crippen molar-refractivity contribution < 1.29 is 8.42 Å². The summed E-state index contributed by atoms with van der Waals surface area (Å²) in [7, 11) is -3.27. The molecule has 2 aromatic rings. The quantitative estimate of drug-likeness (QED) is 0.745. The lowest BCUT2D eigenvalue weighted by atomic mass is 9.91. The lowest BCUT2D eigenvalue weighted by Gasteiger charge is -2.41. The maximum atomic E-state index is 11.7. The van der Waals surface area contributed by atoms with E-state index in [2.05, 4.69) is 9.62 Å². The van der Waals surface area contributed by atoms with E-state index in [1.54, 1.807) is 6.07 Å². The number of halogens is 3. The summed E-state index contributed by atoms with van der Waals surface area (Å²) >= 11 is 18.5. The van der Waals surface area contributed by atoms with Gasteiger partial charge < -0.3 is 4.90 Å². The maximum absolute atomic E-state index is 11.7. The van der Waals surface area contributed by atoms with E-state index in [4.69, 9.17) is 34.8 Å². The molecule has 0 amide bonds. The van der Waals surface area contributed by atoms with Crippen LogP contribution in [0.25, 0.3) is 0 Å². The number of anilines is 1. The zero-order valence-electron chi connectivity index (χ0n) is 14.1. The fraction of sp³-hybridized carbons (Fsp3) is 0.333. The fourth-order valence-corrected chi connectivity index (χ4v) is 4.84. The molecular formula is C18H19Cl3N2O2S. The molecule has 26 heavy (non-hydrogen) atoms. The highest BCUT2D eigenvalue weighted by Gasteiger charge is 2.32. The third-order valence-corrected chi connectivity index (χ3v) is 6.01. The molecule has 0 radical (unpaired) electrons. The Bertz CT molecular complexity index is 888. The summed E-state index contributed by atoms with van der Waals surface area (Å²) in [5.41, 5.74) is 1.94. The van der Waals surface area contributed by atoms with E-state index in [9.17, 15) is 8.42 Å². The van der Waals surface area contributed by atoms with Crippen LogP contribution in [0.3, 0.4) is 0 Å². The van der Waals surface area contributed by atoms with E-state index in [-0.39, 0.29) is 12.1 Å². The first-order valence-corrected chi connectivity index (χ1v) is 11.2. The van der Waals surface area contributed by atoms with Crippen LogP contribution in [0.1, 0.15) is 24.4 Å². The summed E-state index contributed by atoms with van der Waals surface area (Å²) in [5.74, 6) is 0. The molecular weight excluding hydrogens is 415 g/mol. The second kappa shape index (κ2) is 7.95. The maximum Gasteiger partial charge on any atom is 0.208 e. The highest BCUT2D eigenvalue weighted by atomic mass is 35.5. The minimum Gasteiger partial charge on any atom is -0.363 e. The Morgan fingerprint density at radius 1 is 1.04 bits per heavy atom. The number of rotatable bonds is 4. The average Bonchev–Trinajstić information content (AvgIpc) is 2.55. The third-order valence-electron chi connectivity index (χ3n) is 4.46. The lowest BCUT2D eigenvalue weighted by Crippen LogP contribution is -2.46. The second-order valence-corrected chi connectivity index (χ2v) is 9.53. The molecule has 2 atom stereocenters. The van der Waals surface area contributed by atoms with Crippen molar-refractivity contribution >= 4 is 50.5 Å². The summed E-state index contributed by atoms with van der Waals surface area (Å²) in [5, 5.41) is 1.81. The first kappa shape index (κ1) is 19.8. The number of piperidine rings is 1. The van der Waals surface area contributed by atoms with Crippen LogP contribution in [0, 0.1) is 0 Å². The van der Waals surface area contributed by atoms with Crippen molar-refractivity contribution in [2.75, 3.05) is 17.7 Å². The molecule has 3 rings (SSSR count). The van der Waals surface area contributed by atoms with Crippen LogP contribution in [-0.4, -0.2) is 27.3 Å². The molecule has 0 bridgehead atoms. The van der Waals surface area contributed by atoms with Crippen LogP contribution in [0.2, 0.25) is 15.1 Å². The molecule has 1 saturated heterocycles. The Morgan fingerprint density at radius 3 is 2.31 bits per heavy atom. The SMILES string of the molecule is CS(=O)(=O)N[C@@H]1CCN(c2ccc(Cl)cc2Cl)C(c2ccc(Cl)cc2)C1. The zero-order valence-corrected chi connectivity index (χ0v) is 17.2. The largest absolute Gasteiger partial charge is 0.363 e. The first-order valence-electron chi connectivity index (χ1n) is 8.17. The van der Waals surface area contributed by atoms with Crippen LogP contribution < -0.4 is 9.62 Å². The average molecular weight is 434 g/mol. The highest BCUT2D eigenvalue weighted by molar-refractivity contribution is 7.88. The van der Waals surface area contributed by atoms with Crippen molar-refractivity contribution in [1.29, 1.82) is 0 Å². The second-order valence-electron chi connectivity index (χ2n) is 6.47. The molecule has 140 valence electrons. The van der Waals surface area contributed by atoms with Crippen LogP contribution in [0.15, 0.2) is 42.5 Å². The Labute approximate surface area is 169 Å². The zero-order chi connectivity index (χ0) is 18.9. The molecule has 4 nitrogen and oxygen atoms in total. The van der Waals surface area contributed by atoms with Crippen LogP contribution in [0.4, 0.5) is 5.69 Å². The third kappa shape index (κ3) is 4.84. The normalized spacial score (nSPS) is 21.0.